The van der Waals surface area contributed by atoms with Gasteiger partial charge in [-0.2, -0.15) is 5.10 Å². The third-order valence-electron chi connectivity index (χ3n) is 2.37. The van der Waals surface area contributed by atoms with Gasteiger partial charge in [0.15, 0.2) is 0 Å². The number of benzene rings is 2. The van der Waals surface area contributed by atoms with E-state index in [0.29, 0.717) is 10.6 Å². The zero-order valence-corrected chi connectivity index (χ0v) is 10.5. The maximum atomic E-state index is 10.8. The molecule has 0 aromatic heterocycles. The molecular weight excluding hydrogens is 266 g/mol. The van der Waals surface area contributed by atoms with Crippen LogP contribution in [0.25, 0.3) is 0 Å². The van der Waals surface area contributed by atoms with E-state index in [1.165, 1.54) is 12.3 Å². The van der Waals surface area contributed by atoms with Gasteiger partial charge in [-0.05, 0) is 30.3 Å². The maximum absolute atomic E-state index is 10.8. The van der Waals surface area contributed by atoms with Crippen molar-refractivity contribution in [2.75, 3.05) is 5.43 Å². The average Bonchev–Trinajstić information content (AvgIpc) is 2.41. The summed E-state index contributed by atoms with van der Waals surface area (Å²) in [4.78, 5) is 10.4. The molecule has 0 unspecified atom stereocenters. The van der Waals surface area contributed by atoms with Gasteiger partial charge in [0.2, 0.25) is 0 Å². The minimum absolute atomic E-state index is 0.0177. The SMILES string of the molecule is O=[N+]([O-])c1ccccc1/C=N\Nc1ccc(Cl)cc1. The smallest absolute Gasteiger partial charge is 0.278 e. The van der Waals surface area contributed by atoms with Crippen LogP contribution in [0.4, 0.5) is 11.4 Å². The number of nitrogens with zero attached hydrogens (tertiary/aromatic N) is 2. The topological polar surface area (TPSA) is 67.5 Å². The first-order valence-corrected chi connectivity index (χ1v) is 5.82. The fraction of sp³-hybridized carbons (Fsp3) is 0. The Morgan fingerprint density at radius 1 is 1.16 bits per heavy atom. The Morgan fingerprint density at radius 2 is 1.84 bits per heavy atom. The van der Waals surface area contributed by atoms with E-state index in [0.717, 1.165) is 5.69 Å². The number of hydrogen-bond donors (Lipinski definition) is 1. The van der Waals surface area contributed by atoms with Crippen molar-refractivity contribution in [2.24, 2.45) is 5.10 Å². The quantitative estimate of drug-likeness (QED) is 0.525. The highest BCUT2D eigenvalue weighted by molar-refractivity contribution is 6.30. The number of nitro groups is 1. The second kappa shape index (κ2) is 5.97. The maximum Gasteiger partial charge on any atom is 0.278 e. The molecule has 2 aromatic carbocycles. The van der Waals surface area contributed by atoms with E-state index in [1.54, 1.807) is 42.5 Å². The van der Waals surface area contributed by atoms with Crippen LogP contribution in [0.5, 0.6) is 0 Å². The second-order valence-electron chi connectivity index (χ2n) is 3.69. The molecule has 19 heavy (non-hydrogen) atoms. The zero-order chi connectivity index (χ0) is 13.7. The molecule has 0 bridgehead atoms. The number of nitrogens with one attached hydrogen (secondary N) is 1. The molecule has 0 heterocycles. The van der Waals surface area contributed by atoms with Crippen LogP contribution >= 0.6 is 11.6 Å². The molecule has 5 nitrogen and oxygen atoms in total. The van der Waals surface area contributed by atoms with Gasteiger partial charge in [0.1, 0.15) is 0 Å². The predicted molar refractivity (Wildman–Crippen MR) is 75.8 cm³/mol. The van der Waals surface area contributed by atoms with E-state index < -0.39 is 4.92 Å². The lowest BCUT2D eigenvalue weighted by Crippen LogP contribution is -1.96. The molecule has 0 fully saturated rings. The van der Waals surface area contributed by atoms with Crippen molar-refractivity contribution in [2.45, 2.75) is 0 Å². The molecule has 0 atom stereocenters. The first kappa shape index (κ1) is 13.0. The molecule has 1 N–H and O–H groups in total. The molecule has 0 spiro atoms. The first-order valence-electron chi connectivity index (χ1n) is 5.45. The normalized spacial score (nSPS) is 10.6. The highest BCUT2D eigenvalue weighted by Gasteiger charge is 2.09. The third-order valence-corrected chi connectivity index (χ3v) is 2.63. The molecular formula is C13H10ClN3O2. The van der Waals surface area contributed by atoms with Gasteiger partial charge in [0.25, 0.3) is 5.69 Å². The Hall–Kier alpha value is -2.40. The van der Waals surface area contributed by atoms with Crippen LogP contribution < -0.4 is 5.43 Å². The van der Waals surface area contributed by atoms with Gasteiger partial charge in [-0.25, -0.2) is 0 Å². The van der Waals surface area contributed by atoms with E-state index in [1.807, 2.05) is 0 Å². The number of halogens is 1. The van der Waals surface area contributed by atoms with Crippen molar-refractivity contribution < 1.29 is 4.92 Å². The number of nitro benzene ring substituents is 1. The van der Waals surface area contributed by atoms with Gasteiger partial charge >= 0.3 is 0 Å². The fourth-order valence-electron chi connectivity index (χ4n) is 1.46. The Bertz CT molecular complexity index is 612. The second-order valence-corrected chi connectivity index (χ2v) is 4.13. The number of anilines is 1. The molecule has 96 valence electrons. The van der Waals surface area contributed by atoms with Crippen LogP contribution in [-0.2, 0) is 0 Å². The molecule has 2 aromatic rings. The van der Waals surface area contributed by atoms with Crippen molar-refractivity contribution >= 4 is 29.2 Å². The molecule has 0 saturated heterocycles. The van der Waals surface area contributed by atoms with Crippen LogP contribution in [0.15, 0.2) is 53.6 Å². The Kier molecular flexibility index (Phi) is 4.10. The lowest BCUT2D eigenvalue weighted by Gasteiger charge is -2.00. The van der Waals surface area contributed by atoms with Crippen LogP contribution in [0.3, 0.4) is 0 Å². The number of rotatable bonds is 4. The van der Waals surface area contributed by atoms with Crippen molar-refractivity contribution in [3.8, 4) is 0 Å². The highest BCUT2D eigenvalue weighted by Crippen LogP contribution is 2.16. The lowest BCUT2D eigenvalue weighted by atomic mass is 10.2. The van der Waals surface area contributed by atoms with E-state index in [-0.39, 0.29) is 5.69 Å². The predicted octanol–water partition coefficient (Wildman–Crippen LogP) is 3.69. The monoisotopic (exact) mass is 275 g/mol. The summed E-state index contributed by atoms with van der Waals surface area (Å²) in [5, 5.41) is 15.4. The van der Waals surface area contributed by atoms with Crippen LogP contribution in [-0.4, -0.2) is 11.1 Å². The molecule has 2 rings (SSSR count). The number of hydrogen-bond acceptors (Lipinski definition) is 4. The van der Waals surface area contributed by atoms with E-state index in [2.05, 4.69) is 10.5 Å². The van der Waals surface area contributed by atoms with Gasteiger partial charge in [-0.3, -0.25) is 15.5 Å². The van der Waals surface area contributed by atoms with Crippen molar-refractivity contribution in [3.05, 3.63) is 69.2 Å². The van der Waals surface area contributed by atoms with Crippen LogP contribution in [0.1, 0.15) is 5.56 Å². The Morgan fingerprint density at radius 3 is 2.53 bits per heavy atom. The van der Waals surface area contributed by atoms with Crippen molar-refractivity contribution in [3.63, 3.8) is 0 Å². The lowest BCUT2D eigenvalue weighted by molar-refractivity contribution is -0.385. The van der Waals surface area contributed by atoms with E-state index in [4.69, 9.17) is 11.6 Å². The van der Waals surface area contributed by atoms with Gasteiger partial charge in [0, 0.05) is 11.1 Å². The molecule has 0 radical (unpaired) electrons. The minimum Gasteiger partial charge on any atom is -0.278 e. The number of hydrazone groups is 1. The summed E-state index contributed by atoms with van der Waals surface area (Å²) < 4.78 is 0. The Labute approximate surface area is 114 Å². The van der Waals surface area contributed by atoms with E-state index >= 15 is 0 Å². The molecule has 0 amide bonds. The molecule has 0 aliphatic rings. The van der Waals surface area contributed by atoms with Gasteiger partial charge in [-0.15, -0.1) is 0 Å². The number of para-hydroxylation sites is 1. The summed E-state index contributed by atoms with van der Waals surface area (Å²) >= 11 is 5.76. The first-order chi connectivity index (χ1) is 9.16. The summed E-state index contributed by atoms with van der Waals surface area (Å²) in [5.41, 5.74) is 3.98. The summed E-state index contributed by atoms with van der Waals surface area (Å²) in [5.74, 6) is 0. The van der Waals surface area contributed by atoms with Crippen molar-refractivity contribution in [1.29, 1.82) is 0 Å². The van der Waals surface area contributed by atoms with Gasteiger partial charge in [-0.1, -0.05) is 23.7 Å². The van der Waals surface area contributed by atoms with Crippen LogP contribution in [0, 0.1) is 10.1 Å². The third kappa shape index (κ3) is 3.53. The van der Waals surface area contributed by atoms with Crippen molar-refractivity contribution in [1.82, 2.24) is 0 Å². The summed E-state index contributed by atoms with van der Waals surface area (Å²) in [6.45, 7) is 0. The summed E-state index contributed by atoms with van der Waals surface area (Å²) in [6, 6.07) is 13.4. The molecule has 0 aliphatic heterocycles. The summed E-state index contributed by atoms with van der Waals surface area (Å²) in [7, 11) is 0. The average molecular weight is 276 g/mol. The minimum atomic E-state index is -0.441. The van der Waals surface area contributed by atoms with Gasteiger partial charge in [0.05, 0.1) is 22.4 Å². The Balaban J connectivity index is 2.11. The highest BCUT2D eigenvalue weighted by atomic mass is 35.5. The zero-order valence-electron chi connectivity index (χ0n) is 9.79. The largest absolute Gasteiger partial charge is 0.278 e. The molecule has 6 heteroatoms. The summed E-state index contributed by atoms with van der Waals surface area (Å²) in [6.07, 6.45) is 1.41. The standard InChI is InChI=1S/C13H10ClN3O2/c14-11-5-7-12(8-6-11)16-15-9-10-3-1-2-4-13(10)17(18)19/h1-9,16H/b15-9-. The van der Waals surface area contributed by atoms with E-state index in [9.17, 15) is 10.1 Å². The van der Waals surface area contributed by atoms with Gasteiger partial charge < -0.3 is 0 Å². The fourth-order valence-corrected chi connectivity index (χ4v) is 1.59. The molecule has 0 saturated carbocycles. The molecule has 0 aliphatic carbocycles. The van der Waals surface area contributed by atoms with Crippen LogP contribution in [0.2, 0.25) is 5.02 Å².